The van der Waals surface area contributed by atoms with Crippen molar-refractivity contribution in [2.75, 3.05) is 0 Å². The van der Waals surface area contributed by atoms with Crippen LogP contribution in [0.2, 0.25) is 0 Å². The standard InChI is InChI=1S/C18H17N/c1-13(2)15-8-9-17-16(12-15)10-11-19-18(17)14-6-4-3-5-7-14/h3-13H,1-2H3/i1D3,2D3,3D,4D,5D,6D,8D,9D,10D,11D,12D,13D. The van der Waals surface area contributed by atoms with Crippen molar-refractivity contribution in [2.45, 2.75) is 19.6 Å². The van der Waals surface area contributed by atoms with Gasteiger partial charge in [0.15, 0.2) is 0 Å². The molecule has 0 N–H and O–H groups in total. The molecule has 1 nitrogen and oxygen atoms in total. The highest BCUT2D eigenvalue weighted by atomic mass is 14.7. The highest BCUT2D eigenvalue weighted by molar-refractivity contribution is 5.94. The SMILES string of the molecule is [2H]c1cc(-c2nc([2H])c([2H])c3c([2H])c(C([2H])(C([2H])([2H])[2H])C([2H])([2H])[2H])c([2H])c([2H])c23)c([2H])c([2H])c1[2H]. The Labute approximate surface area is 136 Å². The molecule has 0 aliphatic rings. The van der Waals surface area contributed by atoms with Gasteiger partial charge in [0.2, 0.25) is 0 Å². The second kappa shape index (κ2) is 4.85. The summed E-state index contributed by atoms with van der Waals surface area (Å²) in [5, 5.41) is -1.11. The molecule has 0 saturated heterocycles. The fourth-order valence-electron chi connectivity index (χ4n) is 1.60. The minimum absolute atomic E-state index is 0.307. The van der Waals surface area contributed by atoms with Gasteiger partial charge in [0, 0.05) is 26.7 Å². The number of nitrogens with zero attached hydrogens (tertiary/aromatic N) is 1. The van der Waals surface area contributed by atoms with E-state index in [1.807, 2.05) is 0 Å². The lowest BCUT2D eigenvalue weighted by molar-refractivity contribution is 0.869. The Bertz CT molecular complexity index is 1360. The highest BCUT2D eigenvalue weighted by Crippen LogP contribution is 2.28. The van der Waals surface area contributed by atoms with Gasteiger partial charge >= 0.3 is 0 Å². The Kier molecular flexibility index (Phi) is 0.889. The summed E-state index contributed by atoms with van der Waals surface area (Å²) in [5.41, 5.74) is -1.89. The van der Waals surface area contributed by atoms with Crippen LogP contribution in [0.4, 0.5) is 0 Å². The Morgan fingerprint density at radius 1 is 1.16 bits per heavy atom. The molecule has 1 heterocycles. The predicted octanol–water partition coefficient (Wildman–Crippen LogP) is 5.03. The zero-order valence-electron chi connectivity index (χ0n) is 25.5. The van der Waals surface area contributed by atoms with E-state index in [1.165, 1.54) is 0 Å². The molecule has 0 radical (unpaired) electrons. The second-order valence-electron chi connectivity index (χ2n) is 3.65. The summed E-state index contributed by atoms with van der Waals surface area (Å²) in [6.07, 6.45) is -0.810. The van der Waals surface area contributed by atoms with Crippen molar-refractivity contribution in [3.8, 4) is 11.3 Å². The van der Waals surface area contributed by atoms with Crippen LogP contribution in [-0.4, -0.2) is 4.98 Å². The monoisotopic (exact) mass is 263 g/mol. The number of fused-ring (bicyclic) bond motifs is 1. The lowest BCUT2D eigenvalue weighted by atomic mass is 9.97. The number of rotatable bonds is 2. The summed E-state index contributed by atoms with van der Waals surface area (Å²) in [6.45, 7) is -7.16. The molecule has 0 atom stereocenters. The number of hydrogen-bond acceptors (Lipinski definition) is 1. The molecule has 0 aliphatic carbocycles. The van der Waals surface area contributed by atoms with Gasteiger partial charge in [-0.05, 0) is 22.9 Å². The fourth-order valence-corrected chi connectivity index (χ4v) is 1.60. The molecule has 0 spiro atoms. The van der Waals surface area contributed by atoms with Crippen molar-refractivity contribution in [2.24, 2.45) is 0 Å². The Hall–Kier alpha value is -2.15. The molecule has 2 aromatic carbocycles. The van der Waals surface area contributed by atoms with Crippen LogP contribution in [0.3, 0.4) is 0 Å². The maximum Gasteiger partial charge on any atom is 0.0840 e. The Balaban J connectivity index is 2.65. The molecule has 1 aromatic heterocycles. The van der Waals surface area contributed by atoms with Crippen LogP contribution in [0.25, 0.3) is 22.0 Å². The smallest absolute Gasteiger partial charge is 0.0840 e. The third-order valence-corrected chi connectivity index (χ3v) is 2.45. The average molecular weight is 263 g/mol. The highest BCUT2D eigenvalue weighted by Gasteiger charge is 2.06. The van der Waals surface area contributed by atoms with Gasteiger partial charge in [-0.1, -0.05) is 62.1 Å². The van der Waals surface area contributed by atoms with Crippen LogP contribution in [-0.2, 0) is 0 Å². The van der Waals surface area contributed by atoms with Crippen molar-refractivity contribution in [1.29, 1.82) is 0 Å². The van der Waals surface area contributed by atoms with Gasteiger partial charge in [-0.15, -0.1) is 0 Å². The van der Waals surface area contributed by atoms with E-state index < -0.39 is 96.1 Å². The normalized spacial score (nSPS) is 25.1. The van der Waals surface area contributed by atoms with Gasteiger partial charge < -0.3 is 0 Å². The molecule has 94 valence electrons. The van der Waals surface area contributed by atoms with E-state index >= 15 is 0 Å². The Morgan fingerprint density at radius 2 is 2.11 bits per heavy atom. The van der Waals surface area contributed by atoms with E-state index in [-0.39, 0.29) is 5.56 Å². The van der Waals surface area contributed by atoms with Crippen LogP contribution < -0.4 is 0 Å². The van der Waals surface area contributed by atoms with Gasteiger partial charge in [0.05, 0.1) is 18.0 Å². The summed E-state index contributed by atoms with van der Waals surface area (Å²) >= 11 is 0. The molecule has 0 amide bonds. The van der Waals surface area contributed by atoms with Crippen molar-refractivity contribution in [3.63, 3.8) is 0 Å². The minimum Gasteiger partial charge on any atom is -0.256 e. The third kappa shape index (κ3) is 2.24. The topological polar surface area (TPSA) is 12.9 Å². The van der Waals surface area contributed by atoms with E-state index in [9.17, 15) is 0 Å². The number of benzene rings is 2. The van der Waals surface area contributed by atoms with E-state index in [4.69, 9.17) is 21.9 Å². The van der Waals surface area contributed by atoms with Crippen LogP contribution >= 0.6 is 0 Å². The molecule has 0 fully saturated rings. The maximum absolute atomic E-state index is 8.56. The molecule has 0 unspecified atom stereocenters. The first-order valence-corrected chi connectivity index (χ1v) is 5.27. The number of aromatic nitrogens is 1. The van der Waals surface area contributed by atoms with E-state index in [1.54, 1.807) is 0 Å². The summed E-state index contributed by atoms with van der Waals surface area (Å²) in [7, 11) is 0. The molecule has 0 aliphatic heterocycles. The van der Waals surface area contributed by atoms with Crippen LogP contribution in [0.1, 0.15) is 47.1 Å². The zero-order valence-corrected chi connectivity index (χ0v) is 9.52. The number of pyridine rings is 1. The minimum atomic E-state index is -3.58. The second-order valence-corrected chi connectivity index (χ2v) is 3.65. The first-order chi connectivity index (χ1) is 15.8. The molecule has 0 bridgehead atoms. The fraction of sp³-hybridized carbons (Fsp3) is 0.167. The van der Waals surface area contributed by atoms with Crippen molar-refractivity contribution in [1.82, 2.24) is 4.98 Å². The summed E-state index contributed by atoms with van der Waals surface area (Å²) in [4.78, 5) is 3.85. The summed E-state index contributed by atoms with van der Waals surface area (Å²) in [6, 6.07) is -5.21. The van der Waals surface area contributed by atoms with Gasteiger partial charge in [0.1, 0.15) is 0 Å². The number of hydrogen-bond donors (Lipinski definition) is 0. The van der Waals surface area contributed by atoms with Crippen molar-refractivity contribution in [3.05, 3.63) is 66.1 Å². The zero-order chi connectivity index (χ0) is 27.0. The molecule has 0 saturated carbocycles. The van der Waals surface area contributed by atoms with Gasteiger partial charge in [-0.2, -0.15) is 0 Å². The van der Waals surface area contributed by atoms with E-state index in [2.05, 4.69) is 4.98 Å². The molecule has 3 rings (SSSR count). The average Bonchev–Trinajstić information content (AvgIpc) is 2.73. The predicted molar refractivity (Wildman–Crippen MR) is 81.3 cm³/mol. The molecular weight excluding hydrogens is 230 g/mol. The van der Waals surface area contributed by atoms with Gasteiger partial charge in [0.25, 0.3) is 0 Å². The van der Waals surface area contributed by atoms with Crippen molar-refractivity contribution >= 4 is 10.8 Å². The third-order valence-electron chi connectivity index (χ3n) is 2.45. The molecule has 1 heteroatoms. The first-order valence-electron chi connectivity index (χ1n) is 13.3. The maximum atomic E-state index is 8.56. The van der Waals surface area contributed by atoms with E-state index in [0.717, 1.165) is 6.07 Å². The van der Waals surface area contributed by atoms with Crippen LogP contribution in [0.5, 0.6) is 0 Å². The summed E-state index contributed by atoms with van der Waals surface area (Å²) in [5.74, 6) is -3.52. The summed E-state index contributed by atoms with van der Waals surface area (Å²) < 4.78 is 128. The first kappa shape index (κ1) is 3.49. The Morgan fingerprint density at radius 3 is 3.00 bits per heavy atom. The van der Waals surface area contributed by atoms with Gasteiger partial charge in [-0.3, -0.25) is 4.98 Å². The lowest BCUT2D eigenvalue weighted by Crippen LogP contribution is -1.90. The molecule has 19 heavy (non-hydrogen) atoms. The van der Waals surface area contributed by atoms with Crippen LogP contribution in [0, 0.1) is 0 Å². The van der Waals surface area contributed by atoms with Crippen LogP contribution in [0.15, 0.2) is 60.6 Å². The lowest BCUT2D eigenvalue weighted by Gasteiger charge is -2.09. The molecule has 3 aromatic rings. The van der Waals surface area contributed by atoms with Crippen molar-refractivity contribution < 1.29 is 21.9 Å². The quantitative estimate of drug-likeness (QED) is 0.632. The molecular formula is C18H17N. The largest absolute Gasteiger partial charge is 0.256 e. The van der Waals surface area contributed by atoms with Gasteiger partial charge in [-0.25, -0.2) is 0 Å². The van der Waals surface area contributed by atoms with E-state index in [0.29, 0.717) is 0 Å².